The molecule has 5 nitrogen and oxygen atoms in total. The van der Waals surface area contributed by atoms with E-state index in [0.29, 0.717) is 12.3 Å². The summed E-state index contributed by atoms with van der Waals surface area (Å²) in [5, 5.41) is 2.62. The first-order valence-corrected chi connectivity index (χ1v) is 10.5. The van der Waals surface area contributed by atoms with Gasteiger partial charge in [0.2, 0.25) is 0 Å². The number of anilines is 1. The van der Waals surface area contributed by atoms with Crippen LogP contribution in [0, 0.1) is 0 Å². The molecule has 0 bridgehead atoms. The molecular formula is C18H25NO4S. The second-order valence-electron chi connectivity index (χ2n) is 6.76. The maximum atomic E-state index is 12.6. The van der Waals surface area contributed by atoms with Crippen LogP contribution in [0.15, 0.2) is 24.3 Å². The highest BCUT2D eigenvalue weighted by atomic mass is 32.2. The van der Waals surface area contributed by atoms with Crippen LogP contribution in [0.5, 0.6) is 0 Å². The van der Waals surface area contributed by atoms with E-state index in [-0.39, 0.29) is 23.0 Å². The minimum Gasteiger partial charge on any atom is -0.368 e. The smallest absolute Gasteiger partial charge is 0.253 e. The van der Waals surface area contributed by atoms with E-state index in [0.717, 1.165) is 50.5 Å². The molecule has 1 aliphatic carbocycles. The van der Waals surface area contributed by atoms with Crippen molar-refractivity contribution in [3.63, 3.8) is 0 Å². The van der Waals surface area contributed by atoms with Gasteiger partial charge in [-0.2, -0.15) is 0 Å². The van der Waals surface area contributed by atoms with Crippen LogP contribution in [-0.2, 0) is 25.1 Å². The van der Waals surface area contributed by atoms with Crippen molar-refractivity contribution in [2.24, 2.45) is 0 Å². The molecule has 1 N–H and O–H groups in total. The van der Waals surface area contributed by atoms with E-state index >= 15 is 0 Å². The van der Waals surface area contributed by atoms with Gasteiger partial charge in [-0.05, 0) is 43.4 Å². The van der Waals surface area contributed by atoms with Crippen LogP contribution in [-0.4, -0.2) is 32.3 Å². The number of carbonyl (C=O) groups excluding carboxylic acids is 1. The minimum absolute atomic E-state index is 0.0430. The Hall–Kier alpha value is -1.40. The first-order chi connectivity index (χ1) is 11.5. The third-order valence-corrected chi connectivity index (χ3v) is 7.07. The molecule has 1 saturated heterocycles. The summed E-state index contributed by atoms with van der Waals surface area (Å²) in [6.45, 7) is 0.623. The zero-order valence-electron chi connectivity index (χ0n) is 13.9. The molecule has 1 aliphatic heterocycles. The zero-order chi connectivity index (χ0) is 17.0. The number of nitrogens with one attached hydrogen (secondary N) is 1. The molecule has 24 heavy (non-hydrogen) atoms. The molecule has 132 valence electrons. The van der Waals surface area contributed by atoms with Crippen molar-refractivity contribution < 1.29 is 17.9 Å². The average molecular weight is 351 g/mol. The molecule has 1 heterocycles. The number of amides is 1. The van der Waals surface area contributed by atoms with Crippen molar-refractivity contribution in [1.29, 1.82) is 0 Å². The Balaban J connectivity index is 1.65. The van der Waals surface area contributed by atoms with Crippen LogP contribution in [0.3, 0.4) is 0 Å². The molecule has 0 spiro atoms. The van der Waals surface area contributed by atoms with E-state index in [1.165, 1.54) is 0 Å². The van der Waals surface area contributed by atoms with Crippen molar-refractivity contribution in [2.45, 2.75) is 62.1 Å². The predicted molar refractivity (Wildman–Crippen MR) is 93.5 cm³/mol. The van der Waals surface area contributed by atoms with Crippen LogP contribution in [0.2, 0.25) is 0 Å². The molecule has 0 radical (unpaired) electrons. The lowest BCUT2D eigenvalue weighted by molar-refractivity contribution is -0.124. The summed E-state index contributed by atoms with van der Waals surface area (Å²) >= 11 is 0. The summed E-state index contributed by atoms with van der Waals surface area (Å²) in [7, 11) is -3.13. The van der Waals surface area contributed by atoms with Crippen LogP contribution in [0.25, 0.3) is 0 Å². The first kappa shape index (κ1) is 17.4. The van der Waals surface area contributed by atoms with Gasteiger partial charge in [-0.1, -0.05) is 31.4 Å². The summed E-state index contributed by atoms with van der Waals surface area (Å²) in [4.78, 5) is 12.1. The quantitative estimate of drug-likeness (QED) is 0.885. The van der Waals surface area contributed by atoms with Crippen molar-refractivity contribution >= 4 is 21.4 Å². The van der Waals surface area contributed by atoms with Crippen LogP contribution in [0.1, 0.15) is 50.5 Å². The third kappa shape index (κ3) is 4.36. The van der Waals surface area contributed by atoms with Gasteiger partial charge in [0, 0.05) is 12.3 Å². The van der Waals surface area contributed by atoms with Crippen molar-refractivity contribution in [3.05, 3.63) is 29.8 Å². The lowest BCUT2D eigenvalue weighted by atomic mass is 10.0. The fraction of sp³-hybridized carbons (Fsp3) is 0.611. The molecule has 0 aromatic heterocycles. The molecule has 3 rings (SSSR count). The molecule has 1 unspecified atom stereocenters. The highest BCUT2D eigenvalue weighted by Crippen LogP contribution is 2.26. The van der Waals surface area contributed by atoms with Crippen molar-refractivity contribution in [3.8, 4) is 0 Å². The van der Waals surface area contributed by atoms with E-state index in [1.807, 2.05) is 6.07 Å². The molecule has 2 aliphatic rings. The molecule has 6 heteroatoms. The van der Waals surface area contributed by atoms with E-state index in [4.69, 9.17) is 4.74 Å². The molecule has 1 atom stereocenters. The van der Waals surface area contributed by atoms with Gasteiger partial charge in [-0.3, -0.25) is 4.79 Å². The second-order valence-corrected chi connectivity index (χ2v) is 9.04. The lowest BCUT2D eigenvalue weighted by Crippen LogP contribution is -2.27. The van der Waals surface area contributed by atoms with E-state index in [1.54, 1.807) is 18.2 Å². The lowest BCUT2D eigenvalue weighted by Gasteiger charge is -2.21. The summed E-state index contributed by atoms with van der Waals surface area (Å²) < 4.78 is 30.5. The minimum atomic E-state index is -3.13. The summed E-state index contributed by atoms with van der Waals surface area (Å²) in [5.74, 6) is -0.110. The number of ether oxygens (including phenoxy) is 1. The fourth-order valence-corrected chi connectivity index (χ4v) is 5.45. The van der Waals surface area contributed by atoms with Gasteiger partial charge in [-0.15, -0.1) is 0 Å². The zero-order valence-corrected chi connectivity index (χ0v) is 14.7. The Morgan fingerprint density at radius 3 is 2.62 bits per heavy atom. The molecule has 1 amide bonds. The highest BCUT2D eigenvalue weighted by molar-refractivity contribution is 7.91. The Bertz CT molecular complexity index is 674. The van der Waals surface area contributed by atoms with Gasteiger partial charge in [0.1, 0.15) is 6.10 Å². The van der Waals surface area contributed by atoms with Crippen LogP contribution < -0.4 is 5.32 Å². The van der Waals surface area contributed by atoms with Gasteiger partial charge in [0.25, 0.3) is 5.91 Å². The summed E-state index contributed by atoms with van der Waals surface area (Å²) in [6, 6.07) is 7.13. The molecule has 2 fully saturated rings. The Morgan fingerprint density at radius 1 is 1.12 bits per heavy atom. The molecule has 1 aromatic carbocycles. The van der Waals surface area contributed by atoms with Gasteiger partial charge < -0.3 is 10.1 Å². The van der Waals surface area contributed by atoms with Crippen molar-refractivity contribution in [1.82, 2.24) is 0 Å². The topological polar surface area (TPSA) is 72.5 Å². The number of carbonyl (C=O) groups is 1. The van der Waals surface area contributed by atoms with Crippen LogP contribution >= 0.6 is 0 Å². The van der Waals surface area contributed by atoms with Gasteiger partial charge >= 0.3 is 0 Å². The van der Waals surface area contributed by atoms with Gasteiger partial charge in [0.15, 0.2) is 9.84 Å². The summed E-state index contributed by atoms with van der Waals surface area (Å²) in [6.07, 6.45) is 5.94. The Kier molecular flexibility index (Phi) is 5.56. The van der Waals surface area contributed by atoms with Gasteiger partial charge in [-0.25, -0.2) is 8.42 Å². The summed E-state index contributed by atoms with van der Waals surface area (Å²) in [5.41, 5.74) is 1.36. The van der Waals surface area contributed by atoms with Gasteiger partial charge in [0.05, 0.1) is 11.0 Å². The molecule has 1 saturated carbocycles. The first-order valence-electron chi connectivity index (χ1n) is 8.77. The number of benzene rings is 1. The third-order valence-electron chi connectivity index (χ3n) is 4.84. The number of sulfone groups is 1. The maximum Gasteiger partial charge on any atom is 0.253 e. The van der Waals surface area contributed by atoms with E-state index in [2.05, 4.69) is 5.32 Å². The number of rotatable bonds is 5. The highest BCUT2D eigenvalue weighted by Gasteiger charge is 2.27. The monoisotopic (exact) mass is 351 g/mol. The van der Waals surface area contributed by atoms with E-state index in [9.17, 15) is 13.2 Å². The second kappa shape index (κ2) is 7.66. The normalized spacial score (nSPS) is 22.4. The van der Waals surface area contributed by atoms with Crippen molar-refractivity contribution in [2.75, 3.05) is 11.9 Å². The maximum absolute atomic E-state index is 12.6. The van der Waals surface area contributed by atoms with E-state index < -0.39 is 9.84 Å². The SMILES string of the molecule is O=C(Nc1cccc(CS(=O)(=O)C2CCCCC2)c1)C1CCCO1. The van der Waals surface area contributed by atoms with Crippen LogP contribution in [0.4, 0.5) is 5.69 Å². The fourth-order valence-electron chi connectivity index (χ4n) is 3.52. The number of hydrogen-bond acceptors (Lipinski definition) is 4. The Morgan fingerprint density at radius 2 is 1.92 bits per heavy atom. The molecule has 1 aromatic rings. The Labute approximate surface area is 143 Å². The largest absolute Gasteiger partial charge is 0.368 e. The molecular weight excluding hydrogens is 326 g/mol. The average Bonchev–Trinajstić information content (AvgIpc) is 3.10. The predicted octanol–water partition coefficient (Wildman–Crippen LogP) is 3.05. The standard InChI is InChI=1S/C18H25NO4S/c20-18(17-10-5-11-23-17)19-15-7-4-6-14(12-15)13-24(21,22)16-8-2-1-3-9-16/h4,6-7,12,16-17H,1-3,5,8-11,13H2,(H,19,20). The number of hydrogen-bond donors (Lipinski definition) is 1.